The summed E-state index contributed by atoms with van der Waals surface area (Å²) < 4.78 is 32.2. The summed E-state index contributed by atoms with van der Waals surface area (Å²) in [4.78, 5) is 29.4. The SMILES string of the molecule is O=C1OC2CC(c3cc(F)ccc3Sc3ccc(F)cc3)CCN2OC1=O. The molecule has 2 fully saturated rings. The number of ether oxygens (including phenoxy) is 1. The van der Waals surface area contributed by atoms with Gasteiger partial charge in [-0.3, -0.25) is 0 Å². The van der Waals surface area contributed by atoms with Gasteiger partial charge in [-0.25, -0.2) is 18.4 Å². The Morgan fingerprint density at radius 3 is 2.52 bits per heavy atom. The maximum Gasteiger partial charge on any atom is 0.436 e. The Kier molecular flexibility index (Phi) is 4.84. The number of nitrogens with zero attached hydrogens (tertiary/aromatic N) is 1. The van der Waals surface area contributed by atoms with Gasteiger partial charge in [0.05, 0.1) is 0 Å². The summed E-state index contributed by atoms with van der Waals surface area (Å²) >= 11 is 1.42. The predicted molar refractivity (Wildman–Crippen MR) is 91.6 cm³/mol. The number of halogens is 2. The molecule has 2 heterocycles. The van der Waals surface area contributed by atoms with Crippen molar-refractivity contribution in [2.24, 2.45) is 0 Å². The highest BCUT2D eigenvalue weighted by molar-refractivity contribution is 7.99. The van der Waals surface area contributed by atoms with Crippen LogP contribution in [0.25, 0.3) is 0 Å². The quantitative estimate of drug-likeness (QED) is 0.588. The van der Waals surface area contributed by atoms with Crippen LogP contribution in [0.2, 0.25) is 0 Å². The average Bonchev–Trinajstić information content (AvgIpc) is 2.65. The normalized spacial score (nSPS) is 22.7. The highest BCUT2D eigenvalue weighted by Gasteiger charge is 2.41. The molecule has 0 aliphatic carbocycles. The molecule has 8 heteroatoms. The summed E-state index contributed by atoms with van der Waals surface area (Å²) in [5, 5.41) is 1.35. The zero-order chi connectivity index (χ0) is 19.0. The minimum atomic E-state index is -1.02. The van der Waals surface area contributed by atoms with Gasteiger partial charge in [0.1, 0.15) is 11.6 Å². The molecule has 0 spiro atoms. The Labute approximate surface area is 158 Å². The molecule has 27 heavy (non-hydrogen) atoms. The molecule has 0 aromatic heterocycles. The molecular formula is C19H15F2NO4S. The number of benzene rings is 2. The maximum atomic E-state index is 13.9. The molecule has 0 amide bonds. The largest absolute Gasteiger partial charge is 0.436 e. The van der Waals surface area contributed by atoms with Crippen LogP contribution in [0.4, 0.5) is 8.78 Å². The number of carbonyl (C=O) groups is 2. The van der Waals surface area contributed by atoms with E-state index in [1.54, 1.807) is 18.2 Å². The second kappa shape index (κ2) is 7.28. The van der Waals surface area contributed by atoms with E-state index in [0.29, 0.717) is 19.4 Å². The lowest BCUT2D eigenvalue weighted by atomic mass is 9.89. The van der Waals surface area contributed by atoms with Gasteiger partial charge in [0.25, 0.3) is 0 Å². The van der Waals surface area contributed by atoms with Gasteiger partial charge in [-0.15, -0.1) is 0 Å². The third kappa shape index (κ3) is 3.81. The Balaban J connectivity index is 1.58. The van der Waals surface area contributed by atoms with Crippen LogP contribution in [0.15, 0.2) is 52.3 Å². The molecule has 2 unspecified atom stereocenters. The van der Waals surface area contributed by atoms with Crippen molar-refractivity contribution in [2.45, 2.75) is 34.8 Å². The lowest BCUT2D eigenvalue weighted by molar-refractivity contribution is -0.275. The van der Waals surface area contributed by atoms with E-state index in [2.05, 4.69) is 0 Å². The molecule has 2 atom stereocenters. The van der Waals surface area contributed by atoms with Gasteiger partial charge < -0.3 is 9.57 Å². The van der Waals surface area contributed by atoms with E-state index in [4.69, 9.17) is 9.57 Å². The fraction of sp³-hybridized carbons (Fsp3) is 0.263. The van der Waals surface area contributed by atoms with Crippen molar-refractivity contribution in [3.05, 3.63) is 59.7 Å². The number of hydrogen-bond acceptors (Lipinski definition) is 6. The second-order valence-electron chi connectivity index (χ2n) is 6.34. The third-order valence-corrected chi connectivity index (χ3v) is 5.67. The zero-order valence-corrected chi connectivity index (χ0v) is 14.9. The van der Waals surface area contributed by atoms with E-state index in [0.717, 1.165) is 15.4 Å². The highest BCUT2D eigenvalue weighted by atomic mass is 32.2. The van der Waals surface area contributed by atoms with Crippen molar-refractivity contribution < 1.29 is 27.9 Å². The van der Waals surface area contributed by atoms with Gasteiger partial charge in [-0.05, 0) is 60.4 Å². The van der Waals surface area contributed by atoms with Gasteiger partial charge in [-0.2, -0.15) is 0 Å². The van der Waals surface area contributed by atoms with E-state index >= 15 is 0 Å². The van der Waals surface area contributed by atoms with Crippen molar-refractivity contribution in [1.82, 2.24) is 5.06 Å². The van der Waals surface area contributed by atoms with Crippen LogP contribution in [-0.4, -0.2) is 29.8 Å². The molecule has 2 aromatic rings. The number of hydrogen-bond donors (Lipinski definition) is 0. The Morgan fingerprint density at radius 1 is 1.00 bits per heavy atom. The predicted octanol–water partition coefficient (Wildman–Crippen LogP) is 3.64. The van der Waals surface area contributed by atoms with Crippen molar-refractivity contribution in [3.63, 3.8) is 0 Å². The van der Waals surface area contributed by atoms with Crippen LogP contribution in [-0.2, 0) is 19.2 Å². The first-order chi connectivity index (χ1) is 13.0. The highest BCUT2D eigenvalue weighted by Crippen LogP contribution is 2.40. The zero-order valence-electron chi connectivity index (χ0n) is 14.1. The topological polar surface area (TPSA) is 55.8 Å². The van der Waals surface area contributed by atoms with Gasteiger partial charge in [0.15, 0.2) is 6.23 Å². The number of rotatable bonds is 3. The fourth-order valence-electron chi connectivity index (χ4n) is 3.28. The van der Waals surface area contributed by atoms with E-state index in [1.807, 2.05) is 0 Å². The Hall–Kier alpha value is -2.45. The smallest absolute Gasteiger partial charge is 0.435 e. The van der Waals surface area contributed by atoms with Crippen LogP contribution in [0.3, 0.4) is 0 Å². The van der Waals surface area contributed by atoms with E-state index in [-0.39, 0.29) is 17.6 Å². The lowest BCUT2D eigenvalue weighted by Crippen LogP contribution is -2.51. The number of carbonyl (C=O) groups excluding carboxylic acids is 2. The second-order valence-corrected chi connectivity index (χ2v) is 7.45. The van der Waals surface area contributed by atoms with E-state index in [9.17, 15) is 18.4 Å². The molecule has 0 bridgehead atoms. The summed E-state index contributed by atoms with van der Waals surface area (Å²) in [6, 6.07) is 10.6. The molecule has 0 radical (unpaired) electrons. The fourth-order valence-corrected chi connectivity index (χ4v) is 4.28. The minimum absolute atomic E-state index is 0.0745. The molecule has 2 aliphatic rings. The molecule has 2 aliphatic heterocycles. The summed E-state index contributed by atoms with van der Waals surface area (Å²) in [5.41, 5.74) is 0.789. The first-order valence-corrected chi connectivity index (χ1v) is 9.23. The third-order valence-electron chi connectivity index (χ3n) is 4.57. The number of piperidine rings is 1. The van der Waals surface area contributed by atoms with Gasteiger partial charge in [0, 0.05) is 22.8 Å². The van der Waals surface area contributed by atoms with Crippen LogP contribution in [0.1, 0.15) is 24.3 Å². The number of esters is 1. The van der Waals surface area contributed by atoms with Crippen molar-refractivity contribution in [2.75, 3.05) is 6.54 Å². The molecule has 4 rings (SSSR count). The number of hydroxylamine groups is 2. The van der Waals surface area contributed by atoms with Gasteiger partial charge in [-0.1, -0.05) is 16.8 Å². The summed E-state index contributed by atoms with van der Waals surface area (Å²) in [6.07, 6.45) is 0.321. The van der Waals surface area contributed by atoms with Gasteiger partial charge >= 0.3 is 11.9 Å². The maximum absolute atomic E-state index is 13.9. The van der Waals surface area contributed by atoms with Crippen molar-refractivity contribution >= 4 is 23.7 Å². The molecule has 2 saturated heterocycles. The molecule has 5 nitrogen and oxygen atoms in total. The van der Waals surface area contributed by atoms with Crippen LogP contribution < -0.4 is 0 Å². The molecule has 140 valence electrons. The minimum Gasteiger partial charge on any atom is -0.435 e. The monoisotopic (exact) mass is 391 g/mol. The molecule has 2 aromatic carbocycles. The van der Waals surface area contributed by atoms with Crippen LogP contribution in [0, 0.1) is 11.6 Å². The first kappa shape index (κ1) is 17.9. The summed E-state index contributed by atoms with van der Waals surface area (Å²) in [5.74, 6) is -2.79. The molecule has 0 N–H and O–H groups in total. The standard InChI is InChI=1S/C19H15F2NO4S/c20-12-1-4-14(5-2-12)27-16-6-3-13(21)10-15(16)11-7-8-22-17(9-11)25-18(23)19(24)26-22/h1-6,10-11,17H,7-9H2. The van der Waals surface area contributed by atoms with Crippen LogP contribution >= 0.6 is 11.8 Å². The summed E-state index contributed by atoms with van der Waals surface area (Å²) in [6.45, 7) is 0.380. The Bertz CT molecular complexity index is 890. The lowest BCUT2D eigenvalue weighted by Gasteiger charge is -2.39. The average molecular weight is 391 g/mol. The van der Waals surface area contributed by atoms with Crippen LogP contribution in [0.5, 0.6) is 0 Å². The van der Waals surface area contributed by atoms with Crippen molar-refractivity contribution in [1.29, 1.82) is 0 Å². The molecular weight excluding hydrogens is 376 g/mol. The van der Waals surface area contributed by atoms with Gasteiger partial charge in [0.2, 0.25) is 0 Å². The van der Waals surface area contributed by atoms with Crippen molar-refractivity contribution in [3.8, 4) is 0 Å². The van der Waals surface area contributed by atoms with E-state index < -0.39 is 18.2 Å². The first-order valence-electron chi connectivity index (χ1n) is 8.42. The summed E-state index contributed by atoms with van der Waals surface area (Å²) in [7, 11) is 0. The van der Waals surface area contributed by atoms with E-state index in [1.165, 1.54) is 41.1 Å². The molecule has 0 saturated carbocycles. The Morgan fingerprint density at radius 2 is 1.74 bits per heavy atom. The number of fused-ring (bicyclic) bond motifs is 1.